The Labute approximate surface area is 68.8 Å². The molecule has 5 N–H and O–H groups in total. The standard InChI is InChI=1S/C8H20N2O/c1-3-6(5-9)8(11)7(10)4-2/h6-8,11H,3-5,9-10H2,1-2H3/t6-,7-,8-/m1/s1. The smallest absolute Gasteiger partial charge is 0.0730 e. The molecule has 0 aliphatic heterocycles. The van der Waals surface area contributed by atoms with Gasteiger partial charge in [-0.25, -0.2) is 0 Å². The van der Waals surface area contributed by atoms with Crippen LogP contribution in [0.4, 0.5) is 0 Å². The first-order valence-electron chi connectivity index (χ1n) is 4.31. The molecule has 0 bridgehead atoms. The van der Waals surface area contributed by atoms with Crippen molar-refractivity contribution in [1.82, 2.24) is 0 Å². The largest absolute Gasteiger partial charge is 0.391 e. The summed E-state index contributed by atoms with van der Waals surface area (Å²) in [7, 11) is 0. The molecule has 0 saturated carbocycles. The van der Waals surface area contributed by atoms with Crippen LogP contribution in [0.25, 0.3) is 0 Å². The normalized spacial score (nSPS) is 19.4. The summed E-state index contributed by atoms with van der Waals surface area (Å²) in [6.07, 6.45) is 1.26. The molecular weight excluding hydrogens is 140 g/mol. The molecule has 0 fully saturated rings. The van der Waals surface area contributed by atoms with Gasteiger partial charge < -0.3 is 16.6 Å². The maximum atomic E-state index is 9.57. The molecule has 0 aliphatic rings. The van der Waals surface area contributed by atoms with Crippen LogP contribution in [0.2, 0.25) is 0 Å². The molecule has 0 unspecified atom stereocenters. The summed E-state index contributed by atoms with van der Waals surface area (Å²) in [6.45, 7) is 4.51. The number of nitrogens with two attached hydrogens (primary N) is 2. The average molecular weight is 160 g/mol. The third-order valence-corrected chi connectivity index (χ3v) is 2.22. The first kappa shape index (κ1) is 10.9. The quantitative estimate of drug-likeness (QED) is 0.533. The van der Waals surface area contributed by atoms with E-state index in [1.54, 1.807) is 0 Å². The van der Waals surface area contributed by atoms with Crippen LogP contribution < -0.4 is 11.5 Å². The van der Waals surface area contributed by atoms with Crippen LogP contribution >= 0.6 is 0 Å². The second kappa shape index (κ2) is 5.52. The van der Waals surface area contributed by atoms with E-state index in [9.17, 15) is 5.11 Å². The molecule has 0 rings (SSSR count). The van der Waals surface area contributed by atoms with E-state index in [0.717, 1.165) is 12.8 Å². The van der Waals surface area contributed by atoms with E-state index in [4.69, 9.17) is 11.5 Å². The van der Waals surface area contributed by atoms with E-state index in [2.05, 4.69) is 0 Å². The van der Waals surface area contributed by atoms with E-state index in [1.807, 2.05) is 13.8 Å². The molecule has 0 aromatic carbocycles. The van der Waals surface area contributed by atoms with E-state index < -0.39 is 6.10 Å². The molecule has 0 aromatic heterocycles. The second-order valence-corrected chi connectivity index (χ2v) is 2.97. The summed E-state index contributed by atoms with van der Waals surface area (Å²) in [6, 6.07) is -0.122. The highest BCUT2D eigenvalue weighted by atomic mass is 16.3. The lowest BCUT2D eigenvalue weighted by molar-refractivity contribution is 0.0820. The summed E-state index contributed by atoms with van der Waals surface area (Å²) in [5.41, 5.74) is 11.1. The Hall–Kier alpha value is -0.120. The lowest BCUT2D eigenvalue weighted by atomic mass is 9.93. The second-order valence-electron chi connectivity index (χ2n) is 2.97. The zero-order valence-electron chi connectivity index (χ0n) is 7.46. The SMILES string of the molecule is CC[C@H](CN)[C@@H](O)[C@H](N)CC. The molecule has 3 heteroatoms. The Kier molecular flexibility index (Phi) is 5.46. The van der Waals surface area contributed by atoms with Gasteiger partial charge in [-0.2, -0.15) is 0 Å². The molecule has 0 saturated heterocycles. The molecule has 0 heterocycles. The monoisotopic (exact) mass is 160 g/mol. The molecule has 0 amide bonds. The molecule has 0 aromatic rings. The minimum atomic E-state index is -0.435. The lowest BCUT2D eigenvalue weighted by Crippen LogP contribution is -2.42. The first-order valence-corrected chi connectivity index (χ1v) is 4.31. The summed E-state index contributed by atoms with van der Waals surface area (Å²) in [5, 5.41) is 9.57. The average Bonchev–Trinajstić information content (AvgIpc) is 2.05. The van der Waals surface area contributed by atoms with Crippen molar-refractivity contribution < 1.29 is 5.11 Å². The van der Waals surface area contributed by atoms with Gasteiger partial charge in [0.25, 0.3) is 0 Å². The van der Waals surface area contributed by atoms with Crippen molar-refractivity contribution in [1.29, 1.82) is 0 Å². The predicted molar refractivity (Wildman–Crippen MR) is 47.1 cm³/mol. The fourth-order valence-electron chi connectivity index (χ4n) is 1.14. The third-order valence-electron chi connectivity index (χ3n) is 2.22. The topological polar surface area (TPSA) is 72.3 Å². The van der Waals surface area contributed by atoms with Gasteiger partial charge in [-0.15, -0.1) is 0 Å². The Morgan fingerprint density at radius 3 is 2.09 bits per heavy atom. The summed E-state index contributed by atoms with van der Waals surface area (Å²) in [4.78, 5) is 0. The van der Waals surface area contributed by atoms with Crippen LogP contribution in [0.15, 0.2) is 0 Å². The number of hydrogen-bond donors (Lipinski definition) is 3. The van der Waals surface area contributed by atoms with Crippen molar-refractivity contribution in [3.63, 3.8) is 0 Å². The molecule has 0 aliphatic carbocycles. The molecule has 0 radical (unpaired) electrons. The maximum Gasteiger partial charge on any atom is 0.0730 e. The van der Waals surface area contributed by atoms with Gasteiger partial charge in [-0.05, 0) is 25.3 Å². The Morgan fingerprint density at radius 1 is 1.27 bits per heavy atom. The number of aliphatic hydroxyl groups excluding tert-OH is 1. The van der Waals surface area contributed by atoms with Gasteiger partial charge in [0.05, 0.1) is 6.10 Å². The van der Waals surface area contributed by atoms with E-state index in [-0.39, 0.29) is 12.0 Å². The highest BCUT2D eigenvalue weighted by Gasteiger charge is 2.20. The van der Waals surface area contributed by atoms with E-state index in [0.29, 0.717) is 6.54 Å². The molecular formula is C8H20N2O. The van der Waals surface area contributed by atoms with Gasteiger partial charge in [0, 0.05) is 6.04 Å². The predicted octanol–water partition coefficient (Wildman–Crippen LogP) is 0.0695. The van der Waals surface area contributed by atoms with Crippen molar-refractivity contribution >= 4 is 0 Å². The Morgan fingerprint density at radius 2 is 1.82 bits per heavy atom. The Balaban J connectivity index is 3.86. The fourth-order valence-corrected chi connectivity index (χ4v) is 1.14. The molecule has 0 spiro atoms. The molecule has 3 atom stereocenters. The van der Waals surface area contributed by atoms with Gasteiger partial charge in [0.15, 0.2) is 0 Å². The first-order chi connectivity index (χ1) is 5.17. The highest BCUT2D eigenvalue weighted by molar-refractivity contribution is 4.77. The number of rotatable bonds is 5. The lowest BCUT2D eigenvalue weighted by Gasteiger charge is -2.24. The maximum absolute atomic E-state index is 9.57. The van der Waals surface area contributed by atoms with Crippen LogP contribution in [0.5, 0.6) is 0 Å². The molecule has 3 nitrogen and oxygen atoms in total. The van der Waals surface area contributed by atoms with Gasteiger partial charge in [0.1, 0.15) is 0 Å². The number of aliphatic hydroxyl groups is 1. The van der Waals surface area contributed by atoms with Crippen LogP contribution in [0, 0.1) is 5.92 Å². The van der Waals surface area contributed by atoms with Crippen molar-refractivity contribution in [3.05, 3.63) is 0 Å². The van der Waals surface area contributed by atoms with Crippen LogP contribution in [-0.4, -0.2) is 23.8 Å². The van der Waals surface area contributed by atoms with Crippen molar-refractivity contribution in [2.75, 3.05) is 6.54 Å². The highest BCUT2D eigenvalue weighted by Crippen LogP contribution is 2.10. The molecule has 11 heavy (non-hydrogen) atoms. The number of hydrogen-bond acceptors (Lipinski definition) is 3. The summed E-state index contributed by atoms with van der Waals surface area (Å²) in [5.74, 6) is 0.157. The van der Waals surface area contributed by atoms with Crippen LogP contribution in [0.1, 0.15) is 26.7 Å². The fraction of sp³-hybridized carbons (Fsp3) is 1.00. The van der Waals surface area contributed by atoms with Gasteiger partial charge in [-0.3, -0.25) is 0 Å². The van der Waals surface area contributed by atoms with E-state index in [1.165, 1.54) is 0 Å². The Bertz CT molecular complexity index is 94.1. The third kappa shape index (κ3) is 3.18. The van der Waals surface area contributed by atoms with Crippen molar-refractivity contribution in [2.24, 2.45) is 17.4 Å². The summed E-state index contributed by atoms with van der Waals surface area (Å²) >= 11 is 0. The van der Waals surface area contributed by atoms with Gasteiger partial charge in [-0.1, -0.05) is 13.8 Å². The minimum Gasteiger partial charge on any atom is -0.391 e. The minimum absolute atomic E-state index is 0.122. The van der Waals surface area contributed by atoms with Gasteiger partial charge in [0.2, 0.25) is 0 Å². The zero-order chi connectivity index (χ0) is 8.85. The van der Waals surface area contributed by atoms with Crippen LogP contribution in [-0.2, 0) is 0 Å². The summed E-state index contributed by atoms with van der Waals surface area (Å²) < 4.78 is 0. The van der Waals surface area contributed by atoms with Gasteiger partial charge >= 0.3 is 0 Å². The van der Waals surface area contributed by atoms with Crippen molar-refractivity contribution in [3.8, 4) is 0 Å². The van der Waals surface area contributed by atoms with Crippen LogP contribution in [0.3, 0.4) is 0 Å². The van der Waals surface area contributed by atoms with Crippen molar-refractivity contribution in [2.45, 2.75) is 38.8 Å². The van der Waals surface area contributed by atoms with E-state index >= 15 is 0 Å². The zero-order valence-corrected chi connectivity index (χ0v) is 7.46. The molecule has 68 valence electrons.